The van der Waals surface area contributed by atoms with E-state index in [-0.39, 0.29) is 17.9 Å². The largest absolute Gasteiger partial charge is 0.459 e. The summed E-state index contributed by atoms with van der Waals surface area (Å²) in [4.78, 5) is 18.0. The number of hydrogen-bond acceptors (Lipinski definition) is 6. The van der Waals surface area contributed by atoms with E-state index in [0.29, 0.717) is 33.7 Å². The Morgan fingerprint density at radius 1 is 1.14 bits per heavy atom. The van der Waals surface area contributed by atoms with Gasteiger partial charge in [-0.25, -0.2) is 13.9 Å². The van der Waals surface area contributed by atoms with Crippen molar-refractivity contribution in [3.8, 4) is 0 Å². The molecule has 1 fully saturated rings. The molecule has 1 aromatic heterocycles. The van der Waals surface area contributed by atoms with Gasteiger partial charge in [-0.1, -0.05) is 78.9 Å². The Bertz CT molecular complexity index is 1280. The van der Waals surface area contributed by atoms with Crippen LogP contribution < -0.4 is 5.32 Å². The Kier molecular flexibility index (Phi) is 7.51. The van der Waals surface area contributed by atoms with Crippen molar-refractivity contribution in [3.63, 3.8) is 0 Å². The molecule has 1 N–H and O–H groups in total. The average Bonchev–Trinajstić information content (AvgIpc) is 3.30. The molecule has 2 heterocycles. The molecular formula is C28H29FN4O2S. The van der Waals surface area contributed by atoms with Crippen molar-refractivity contribution >= 4 is 29.8 Å². The molecule has 1 unspecified atom stereocenters. The quantitative estimate of drug-likeness (QED) is 0.291. The van der Waals surface area contributed by atoms with Crippen LogP contribution in [0, 0.1) is 5.82 Å². The number of allylic oxidation sites excluding steroid dienone is 2. The smallest absolute Gasteiger partial charge is 0.338 e. The molecule has 3 aromatic rings. The first kappa shape index (κ1) is 24.3. The maximum atomic E-state index is 14.1. The van der Waals surface area contributed by atoms with E-state index in [0.717, 1.165) is 31.2 Å². The van der Waals surface area contributed by atoms with E-state index in [1.807, 2.05) is 55.5 Å². The molecule has 36 heavy (non-hydrogen) atoms. The maximum Gasteiger partial charge on any atom is 0.338 e. The molecule has 2 aromatic carbocycles. The van der Waals surface area contributed by atoms with Gasteiger partial charge in [0.1, 0.15) is 18.0 Å². The van der Waals surface area contributed by atoms with E-state index < -0.39 is 6.04 Å². The summed E-state index contributed by atoms with van der Waals surface area (Å²) in [5.74, 6) is 0.377. The van der Waals surface area contributed by atoms with Gasteiger partial charge in [0.25, 0.3) is 0 Å². The van der Waals surface area contributed by atoms with Crippen molar-refractivity contribution in [1.82, 2.24) is 14.8 Å². The van der Waals surface area contributed by atoms with Crippen molar-refractivity contribution in [2.24, 2.45) is 0 Å². The average molecular weight is 505 g/mol. The van der Waals surface area contributed by atoms with Gasteiger partial charge in [0, 0.05) is 11.4 Å². The number of carbonyl (C=O) groups excluding carboxylic acids is 1. The lowest BCUT2D eigenvalue weighted by Gasteiger charge is -2.28. The molecule has 0 saturated heterocycles. The molecule has 0 bridgehead atoms. The van der Waals surface area contributed by atoms with Gasteiger partial charge >= 0.3 is 5.97 Å². The SMILES string of the molecule is CC1=C(C(=O)OC2CCCCC2)C(/C=C/c2ccccc2)n2nc(SCc3ccccc3F)nc2N1. The normalized spacial score (nSPS) is 18.2. The zero-order valence-electron chi connectivity index (χ0n) is 20.2. The Labute approximate surface area is 214 Å². The monoisotopic (exact) mass is 504 g/mol. The standard InChI is InChI=1S/C28H29FN4O2S/c1-19-25(26(34)35-22-13-6-3-7-14-22)24(17-16-20-10-4-2-5-11-20)33-27(30-19)31-28(32-33)36-18-21-12-8-9-15-23(21)29/h2,4-5,8-12,15-17,22,24H,3,6-7,13-14,18H2,1H3,(H,30,31,32)/b17-16+. The van der Waals surface area contributed by atoms with Crippen molar-refractivity contribution in [2.45, 2.75) is 62.1 Å². The maximum absolute atomic E-state index is 14.1. The van der Waals surface area contributed by atoms with Crippen LogP contribution >= 0.6 is 11.8 Å². The van der Waals surface area contributed by atoms with E-state index >= 15 is 0 Å². The van der Waals surface area contributed by atoms with Crippen LogP contribution in [0.1, 0.15) is 56.2 Å². The zero-order valence-corrected chi connectivity index (χ0v) is 21.0. The fraction of sp³-hybridized carbons (Fsp3) is 0.321. The number of nitrogens with zero attached hydrogens (tertiary/aromatic N) is 3. The second-order valence-corrected chi connectivity index (χ2v) is 10.0. The summed E-state index contributed by atoms with van der Waals surface area (Å²) in [6, 6.07) is 16.1. The number of carbonyl (C=O) groups is 1. The highest BCUT2D eigenvalue weighted by atomic mass is 32.2. The molecule has 0 radical (unpaired) electrons. The highest BCUT2D eigenvalue weighted by Gasteiger charge is 2.34. The van der Waals surface area contributed by atoms with Gasteiger partial charge in [-0.3, -0.25) is 0 Å². The molecule has 1 aliphatic heterocycles. The molecule has 5 rings (SSSR count). The molecule has 1 aliphatic carbocycles. The first-order valence-electron chi connectivity index (χ1n) is 12.3. The van der Waals surface area contributed by atoms with Crippen molar-refractivity contribution in [3.05, 3.63) is 88.9 Å². The van der Waals surface area contributed by atoms with Crippen LogP contribution in [-0.2, 0) is 15.3 Å². The van der Waals surface area contributed by atoms with Crippen LogP contribution in [0.15, 0.2) is 77.1 Å². The Morgan fingerprint density at radius 3 is 2.67 bits per heavy atom. The van der Waals surface area contributed by atoms with Crippen LogP contribution in [0.2, 0.25) is 0 Å². The van der Waals surface area contributed by atoms with Crippen LogP contribution in [0.4, 0.5) is 10.3 Å². The molecule has 6 nitrogen and oxygen atoms in total. The summed E-state index contributed by atoms with van der Waals surface area (Å²) >= 11 is 1.36. The second kappa shape index (κ2) is 11.1. The molecule has 2 aliphatic rings. The molecule has 1 atom stereocenters. The van der Waals surface area contributed by atoms with Gasteiger partial charge in [0.15, 0.2) is 0 Å². The topological polar surface area (TPSA) is 69.0 Å². The number of anilines is 1. The molecular weight excluding hydrogens is 475 g/mol. The molecule has 0 amide bonds. The lowest BCUT2D eigenvalue weighted by atomic mass is 9.97. The predicted octanol–water partition coefficient (Wildman–Crippen LogP) is 6.54. The summed E-state index contributed by atoms with van der Waals surface area (Å²) in [6.07, 6.45) is 9.06. The molecule has 0 spiro atoms. The van der Waals surface area contributed by atoms with Gasteiger partial charge < -0.3 is 10.1 Å². The fourth-order valence-electron chi connectivity index (χ4n) is 4.60. The summed E-state index contributed by atoms with van der Waals surface area (Å²) in [5, 5.41) is 8.43. The number of hydrogen-bond donors (Lipinski definition) is 1. The number of ether oxygens (including phenoxy) is 1. The Balaban J connectivity index is 1.42. The number of benzene rings is 2. The lowest BCUT2D eigenvalue weighted by Crippen LogP contribution is -2.30. The van der Waals surface area contributed by atoms with E-state index in [2.05, 4.69) is 10.3 Å². The third kappa shape index (κ3) is 5.54. The first-order chi connectivity index (χ1) is 17.6. The van der Waals surface area contributed by atoms with Gasteiger partial charge in [-0.05, 0) is 49.8 Å². The molecule has 186 valence electrons. The first-order valence-corrected chi connectivity index (χ1v) is 13.3. The highest BCUT2D eigenvalue weighted by molar-refractivity contribution is 7.98. The van der Waals surface area contributed by atoms with Crippen molar-refractivity contribution < 1.29 is 13.9 Å². The van der Waals surface area contributed by atoms with E-state index in [4.69, 9.17) is 9.84 Å². The molecule has 8 heteroatoms. The van der Waals surface area contributed by atoms with Crippen molar-refractivity contribution in [2.75, 3.05) is 5.32 Å². The van der Waals surface area contributed by atoms with Gasteiger partial charge in [-0.2, -0.15) is 4.98 Å². The molecule has 1 saturated carbocycles. The van der Waals surface area contributed by atoms with Gasteiger partial charge in [0.2, 0.25) is 11.1 Å². The minimum Gasteiger partial charge on any atom is -0.459 e. The number of thioether (sulfide) groups is 1. The van der Waals surface area contributed by atoms with Gasteiger partial charge in [0.05, 0.1) is 5.57 Å². The number of halogens is 1. The van der Waals surface area contributed by atoms with Crippen molar-refractivity contribution in [1.29, 1.82) is 0 Å². The lowest BCUT2D eigenvalue weighted by molar-refractivity contribution is -0.146. The summed E-state index contributed by atoms with van der Waals surface area (Å²) in [7, 11) is 0. The highest BCUT2D eigenvalue weighted by Crippen LogP contribution is 2.35. The summed E-state index contributed by atoms with van der Waals surface area (Å²) < 4.78 is 21.7. The number of nitrogens with one attached hydrogen (secondary N) is 1. The minimum absolute atomic E-state index is 0.0469. The third-order valence-corrected chi connectivity index (χ3v) is 7.39. The van der Waals surface area contributed by atoms with Crippen LogP contribution in [0.25, 0.3) is 6.08 Å². The Morgan fingerprint density at radius 2 is 1.89 bits per heavy atom. The fourth-order valence-corrected chi connectivity index (χ4v) is 5.41. The second-order valence-electron chi connectivity index (χ2n) is 9.09. The summed E-state index contributed by atoms with van der Waals surface area (Å²) in [6.45, 7) is 1.87. The Hall–Kier alpha value is -3.39. The number of esters is 1. The van der Waals surface area contributed by atoms with Crippen LogP contribution in [0.5, 0.6) is 0 Å². The number of aromatic nitrogens is 3. The van der Waals surface area contributed by atoms with E-state index in [1.165, 1.54) is 24.2 Å². The van der Waals surface area contributed by atoms with Crippen LogP contribution in [0.3, 0.4) is 0 Å². The number of fused-ring (bicyclic) bond motifs is 1. The third-order valence-electron chi connectivity index (χ3n) is 6.51. The summed E-state index contributed by atoms with van der Waals surface area (Å²) in [5.41, 5.74) is 2.83. The predicted molar refractivity (Wildman–Crippen MR) is 140 cm³/mol. The van der Waals surface area contributed by atoms with E-state index in [9.17, 15) is 9.18 Å². The van der Waals surface area contributed by atoms with Crippen LogP contribution in [-0.4, -0.2) is 26.8 Å². The van der Waals surface area contributed by atoms with Gasteiger partial charge in [-0.15, -0.1) is 5.10 Å². The van der Waals surface area contributed by atoms with E-state index in [1.54, 1.807) is 16.8 Å². The number of rotatable bonds is 7. The minimum atomic E-state index is -0.479. The zero-order chi connectivity index (χ0) is 24.9.